The average molecular weight is 377 g/mol. The molecule has 138 valence electrons. The maximum Gasteiger partial charge on any atom is 0.259 e. The summed E-state index contributed by atoms with van der Waals surface area (Å²) < 4.78 is 19.6. The van der Waals surface area contributed by atoms with Crippen LogP contribution in [0.4, 0.5) is 4.39 Å². The molecule has 1 saturated heterocycles. The highest BCUT2D eigenvalue weighted by Crippen LogP contribution is 2.38. The van der Waals surface area contributed by atoms with Crippen molar-refractivity contribution >= 4 is 17.5 Å². The van der Waals surface area contributed by atoms with E-state index in [0.29, 0.717) is 17.2 Å². The highest BCUT2D eigenvalue weighted by Gasteiger charge is 2.35. The predicted octanol–water partition coefficient (Wildman–Crippen LogP) is 5.09. The number of amides is 1. The van der Waals surface area contributed by atoms with E-state index in [1.165, 1.54) is 37.8 Å². The van der Waals surface area contributed by atoms with Gasteiger partial charge < -0.3 is 9.42 Å². The third-order valence-corrected chi connectivity index (χ3v) is 6.17. The number of aromatic nitrogens is 1. The Morgan fingerprint density at radius 3 is 2.81 bits per heavy atom. The summed E-state index contributed by atoms with van der Waals surface area (Å²) in [5, 5.41) is 4.18. The summed E-state index contributed by atoms with van der Waals surface area (Å²) in [6, 6.07) is 4.43. The van der Waals surface area contributed by atoms with Gasteiger partial charge in [-0.2, -0.15) is 0 Å². The number of carbonyl (C=O) groups excluding carboxylic acids is 1. The summed E-state index contributed by atoms with van der Waals surface area (Å²) in [4.78, 5) is 15.1. The van der Waals surface area contributed by atoms with Crippen LogP contribution >= 0.6 is 11.6 Å². The lowest BCUT2D eigenvalue weighted by Gasteiger charge is -2.41. The predicted molar refractivity (Wildman–Crippen MR) is 97.6 cm³/mol. The molecule has 2 aliphatic rings. The van der Waals surface area contributed by atoms with Crippen LogP contribution in [-0.4, -0.2) is 29.1 Å². The van der Waals surface area contributed by atoms with Gasteiger partial charge in [-0.25, -0.2) is 4.39 Å². The molecule has 2 atom stereocenters. The van der Waals surface area contributed by atoms with Crippen LogP contribution in [0.2, 0.25) is 5.02 Å². The lowest BCUT2D eigenvalue weighted by atomic mass is 9.75. The molecule has 1 saturated carbocycles. The van der Waals surface area contributed by atoms with E-state index in [9.17, 15) is 9.18 Å². The quantitative estimate of drug-likeness (QED) is 0.732. The molecule has 1 aliphatic carbocycles. The SMILES string of the molecule is Cc1onc(-c2c(F)cccc2Cl)c1C(=O)N1CC[C@@H]2CCCC[C@H]2C1. The van der Waals surface area contributed by atoms with Crippen molar-refractivity contribution in [3.63, 3.8) is 0 Å². The first kappa shape index (κ1) is 17.5. The number of nitrogens with zero attached hydrogens (tertiary/aromatic N) is 2. The molecule has 1 amide bonds. The second kappa shape index (κ2) is 7.03. The van der Waals surface area contributed by atoms with Gasteiger partial charge in [-0.15, -0.1) is 0 Å². The molecular weight excluding hydrogens is 355 g/mol. The molecule has 1 aliphatic heterocycles. The number of benzene rings is 1. The molecule has 0 spiro atoms. The number of carbonyl (C=O) groups is 1. The molecule has 6 heteroatoms. The fraction of sp³-hybridized carbons (Fsp3) is 0.500. The molecule has 4 rings (SSSR count). The first-order valence-electron chi connectivity index (χ1n) is 9.26. The van der Waals surface area contributed by atoms with Crippen molar-refractivity contribution in [2.45, 2.75) is 39.0 Å². The summed E-state index contributed by atoms with van der Waals surface area (Å²) >= 11 is 6.18. The van der Waals surface area contributed by atoms with E-state index in [4.69, 9.17) is 16.1 Å². The van der Waals surface area contributed by atoms with E-state index in [1.807, 2.05) is 4.90 Å². The number of fused-ring (bicyclic) bond motifs is 1. The van der Waals surface area contributed by atoms with Crippen molar-refractivity contribution in [3.8, 4) is 11.3 Å². The molecule has 0 radical (unpaired) electrons. The molecule has 0 unspecified atom stereocenters. The minimum absolute atomic E-state index is 0.127. The molecule has 1 aromatic heterocycles. The van der Waals surface area contributed by atoms with Gasteiger partial charge >= 0.3 is 0 Å². The van der Waals surface area contributed by atoms with Gasteiger partial charge in [-0.1, -0.05) is 42.1 Å². The number of hydrogen-bond acceptors (Lipinski definition) is 3. The zero-order valence-electron chi connectivity index (χ0n) is 14.8. The number of piperidine rings is 1. The van der Waals surface area contributed by atoms with Crippen LogP contribution in [0.1, 0.15) is 48.2 Å². The van der Waals surface area contributed by atoms with Gasteiger partial charge in [-0.3, -0.25) is 4.79 Å². The van der Waals surface area contributed by atoms with E-state index >= 15 is 0 Å². The number of hydrogen-bond donors (Lipinski definition) is 0. The Morgan fingerprint density at radius 1 is 1.27 bits per heavy atom. The lowest BCUT2D eigenvalue weighted by molar-refractivity contribution is 0.0520. The van der Waals surface area contributed by atoms with Crippen LogP contribution in [0, 0.1) is 24.6 Å². The standard InChI is InChI=1S/C20H22ClFN2O2/c1-12-17(19(23-26-12)18-15(21)7-4-8-16(18)22)20(25)24-10-9-13-5-2-3-6-14(13)11-24/h4,7-8,13-14H,2-3,5-6,9-11H2,1H3/t13-,14-/m0/s1. The fourth-order valence-electron chi connectivity index (χ4n) is 4.46. The Bertz CT molecular complexity index is 815. The van der Waals surface area contributed by atoms with E-state index in [0.717, 1.165) is 25.4 Å². The van der Waals surface area contributed by atoms with E-state index in [1.54, 1.807) is 13.0 Å². The van der Waals surface area contributed by atoms with Gasteiger partial charge in [0.05, 0.1) is 10.6 Å². The van der Waals surface area contributed by atoms with Gasteiger partial charge in [0, 0.05) is 13.1 Å². The number of halogens is 2. The third kappa shape index (κ3) is 3.02. The summed E-state index contributed by atoms with van der Waals surface area (Å²) in [5.74, 6) is 1.06. The molecular formula is C20H22ClFN2O2. The first-order chi connectivity index (χ1) is 12.6. The van der Waals surface area contributed by atoms with Crippen molar-refractivity contribution in [2.24, 2.45) is 11.8 Å². The second-order valence-electron chi connectivity index (χ2n) is 7.40. The minimum atomic E-state index is -0.508. The zero-order valence-corrected chi connectivity index (χ0v) is 15.6. The Morgan fingerprint density at radius 2 is 2.04 bits per heavy atom. The molecule has 2 fully saturated rings. The second-order valence-corrected chi connectivity index (χ2v) is 7.81. The topological polar surface area (TPSA) is 46.3 Å². The van der Waals surface area contributed by atoms with Crippen LogP contribution in [0.5, 0.6) is 0 Å². The summed E-state index contributed by atoms with van der Waals surface area (Å²) in [6.07, 6.45) is 6.04. The van der Waals surface area contributed by atoms with Gasteiger partial charge in [0.15, 0.2) is 0 Å². The van der Waals surface area contributed by atoms with Crippen molar-refractivity contribution in [2.75, 3.05) is 13.1 Å². The maximum absolute atomic E-state index is 14.4. The summed E-state index contributed by atoms with van der Waals surface area (Å²) in [5.41, 5.74) is 0.648. The summed E-state index contributed by atoms with van der Waals surface area (Å²) in [6.45, 7) is 3.18. The smallest absolute Gasteiger partial charge is 0.259 e. The van der Waals surface area contributed by atoms with Crippen molar-refractivity contribution < 1.29 is 13.7 Å². The molecule has 2 aromatic rings. The molecule has 0 bridgehead atoms. The highest BCUT2D eigenvalue weighted by atomic mass is 35.5. The molecule has 1 aromatic carbocycles. The average Bonchev–Trinajstić information content (AvgIpc) is 3.02. The van der Waals surface area contributed by atoms with Crippen LogP contribution in [0.25, 0.3) is 11.3 Å². The van der Waals surface area contributed by atoms with Crippen LogP contribution < -0.4 is 0 Å². The van der Waals surface area contributed by atoms with Gasteiger partial charge in [-0.05, 0) is 43.7 Å². The first-order valence-corrected chi connectivity index (χ1v) is 9.64. The largest absolute Gasteiger partial charge is 0.360 e. The Labute approximate surface area is 157 Å². The Balaban J connectivity index is 1.66. The van der Waals surface area contributed by atoms with Gasteiger partial charge in [0.25, 0.3) is 5.91 Å². The van der Waals surface area contributed by atoms with E-state index in [2.05, 4.69) is 5.16 Å². The third-order valence-electron chi connectivity index (χ3n) is 5.85. The van der Waals surface area contributed by atoms with Crippen LogP contribution in [0.3, 0.4) is 0 Å². The van der Waals surface area contributed by atoms with Crippen LogP contribution in [-0.2, 0) is 0 Å². The lowest BCUT2D eigenvalue weighted by Crippen LogP contribution is -2.45. The number of rotatable bonds is 2. The van der Waals surface area contributed by atoms with Crippen molar-refractivity contribution in [3.05, 3.63) is 40.4 Å². The molecule has 2 heterocycles. The summed E-state index contributed by atoms with van der Waals surface area (Å²) in [7, 11) is 0. The van der Waals surface area contributed by atoms with E-state index in [-0.39, 0.29) is 22.2 Å². The van der Waals surface area contributed by atoms with Crippen molar-refractivity contribution in [1.29, 1.82) is 0 Å². The van der Waals surface area contributed by atoms with Crippen molar-refractivity contribution in [1.82, 2.24) is 10.1 Å². The van der Waals surface area contributed by atoms with Crippen LogP contribution in [0.15, 0.2) is 22.7 Å². The van der Waals surface area contributed by atoms with Gasteiger partial charge in [0.2, 0.25) is 0 Å². The van der Waals surface area contributed by atoms with E-state index < -0.39 is 5.82 Å². The molecule has 4 nitrogen and oxygen atoms in total. The molecule has 26 heavy (non-hydrogen) atoms. The fourth-order valence-corrected chi connectivity index (χ4v) is 4.71. The number of likely N-dealkylation sites (tertiary alicyclic amines) is 1. The normalized spacial score (nSPS) is 23.0. The zero-order chi connectivity index (χ0) is 18.3. The molecule has 0 N–H and O–H groups in total. The monoisotopic (exact) mass is 376 g/mol. The number of aryl methyl sites for hydroxylation is 1. The minimum Gasteiger partial charge on any atom is -0.360 e. The Hall–Kier alpha value is -1.88. The highest BCUT2D eigenvalue weighted by molar-refractivity contribution is 6.33. The maximum atomic E-state index is 14.4. The van der Waals surface area contributed by atoms with Gasteiger partial charge in [0.1, 0.15) is 22.8 Å². The Kier molecular flexibility index (Phi) is 4.74.